The van der Waals surface area contributed by atoms with Gasteiger partial charge in [0.05, 0.1) is 0 Å². The van der Waals surface area contributed by atoms with Crippen LogP contribution in [0.3, 0.4) is 0 Å². The van der Waals surface area contributed by atoms with Crippen molar-refractivity contribution >= 4 is 5.91 Å². The number of carbonyl (C=O) groups is 1. The van der Waals surface area contributed by atoms with Gasteiger partial charge in [-0.3, -0.25) is 4.79 Å². The first kappa shape index (κ1) is 9.74. The Morgan fingerprint density at radius 2 is 1.69 bits per heavy atom. The van der Waals surface area contributed by atoms with Gasteiger partial charge in [-0.2, -0.15) is 0 Å². The van der Waals surface area contributed by atoms with Crippen molar-refractivity contribution in [1.29, 1.82) is 0 Å². The molecule has 3 heteroatoms. The fraction of sp³-hybridized carbons (Fsp3) is 0.300. The van der Waals surface area contributed by atoms with Crippen LogP contribution in [-0.4, -0.2) is 5.91 Å². The number of carbonyl (C=O) groups excluding carboxylic acids is 1. The van der Waals surface area contributed by atoms with Crippen LogP contribution in [0.5, 0.6) is 0 Å². The van der Waals surface area contributed by atoms with Crippen LogP contribution >= 0.6 is 0 Å². The first-order valence-electron chi connectivity index (χ1n) is 4.14. The van der Waals surface area contributed by atoms with E-state index in [1.807, 2.05) is 32.0 Å². The van der Waals surface area contributed by atoms with Crippen molar-refractivity contribution < 1.29 is 4.79 Å². The number of benzene rings is 1. The molecule has 0 fully saturated rings. The van der Waals surface area contributed by atoms with Gasteiger partial charge in [0.15, 0.2) is 0 Å². The fourth-order valence-corrected chi connectivity index (χ4v) is 1.35. The number of nitrogens with two attached hydrogens (primary N) is 2. The summed E-state index contributed by atoms with van der Waals surface area (Å²) in [6, 6.07) is 5.08. The van der Waals surface area contributed by atoms with E-state index >= 15 is 0 Å². The Labute approximate surface area is 77.7 Å². The minimum absolute atomic E-state index is 0.495. The largest absolute Gasteiger partial charge is 0.368 e. The van der Waals surface area contributed by atoms with E-state index in [4.69, 9.17) is 11.5 Å². The monoisotopic (exact) mass is 178 g/mol. The van der Waals surface area contributed by atoms with Crippen molar-refractivity contribution in [3.05, 3.63) is 34.9 Å². The highest BCUT2D eigenvalue weighted by Gasteiger charge is 2.11. The highest BCUT2D eigenvalue weighted by molar-refractivity contribution is 5.81. The third kappa shape index (κ3) is 2.29. The lowest BCUT2D eigenvalue weighted by molar-refractivity contribution is -0.119. The molecule has 1 unspecified atom stereocenters. The Balaban J connectivity index is 3.07. The van der Waals surface area contributed by atoms with E-state index in [2.05, 4.69) is 0 Å². The molecule has 0 aliphatic rings. The van der Waals surface area contributed by atoms with E-state index in [-0.39, 0.29) is 0 Å². The van der Waals surface area contributed by atoms with E-state index in [0.717, 1.165) is 16.7 Å². The van der Waals surface area contributed by atoms with Crippen molar-refractivity contribution in [2.45, 2.75) is 19.9 Å². The summed E-state index contributed by atoms with van der Waals surface area (Å²) in [5, 5.41) is 0. The summed E-state index contributed by atoms with van der Waals surface area (Å²) in [4.78, 5) is 10.8. The molecule has 1 atom stereocenters. The molecule has 0 saturated carbocycles. The maximum Gasteiger partial charge on any atom is 0.238 e. The third-order valence-corrected chi connectivity index (χ3v) is 1.91. The van der Waals surface area contributed by atoms with E-state index in [1.54, 1.807) is 0 Å². The van der Waals surface area contributed by atoms with Crippen molar-refractivity contribution in [3.8, 4) is 0 Å². The van der Waals surface area contributed by atoms with E-state index in [9.17, 15) is 4.79 Å². The summed E-state index contributed by atoms with van der Waals surface area (Å²) in [7, 11) is 0. The lowest BCUT2D eigenvalue weighted by Crippen LogP contribution is -2.28. The summed E-state index contributed by atoms with van der Waals surface area (Å²) >= 11 is 0. The summed E-state index contributed by atoms with van der Waals surface area (Å²) < 4.78 is 0. The molecule has 4 N–H and O–H groups in total. The lowest BCUT2D eigenvalue weighted by Gasteiger charge is -2.09. The second-order valence-corrected chi connectivity index (χ2v) is 3.30. The van der Waals surface area contributed by atoms with E-state index in [0.29, 0.717) is 0 Å². The molecular weight excluding hydrogens is 164 g/mol. The van der Waals surface area contributed by atoms with Crippen LogP contribution in [0.25, 0.3) is 0 Å². The summed E-state index contributed by atoms with van der Waals surface area (Å²) in [6.07, 6.45) is 0. The lowest BCUT2D eigenvalue weighted by atomic mass is 10.0. The molecule has 70 valence electrons. The van der Waals surface area contributed by atoms with E-state index < -0.39 is 11.9 Å². The highest BCUT2D eigenvalue weighted by Crippen LogP contribution is 2.14. The van der Waals surface area contributed by atoms with Gasteiger partial charge >= 0.3 is 0 Å². The zero-order valence-electron chi connectivity index (χ0n) is 7.87. The molecule has 0 aliphatic carbocycles. The standard InChI is InChI=1S/C10H14N2O/c1-6-3-7(2)5-8(4-6)9(11)10(12)13/h3-5,9H,11H2,1-2H3,(H2,12,13). The molecule has 1 aromatic rings. The highest BCUT2D eigenvalue weighted by atomic mass is 16.1. The molecule has 0 heterocycles. The average Bonchev–Trinajstić information content (AvgIpc) is 2.01. The zero-order chi connectivity index (χ0) is 10.0. The molecular formula is C10H14N2O. The molecule has 0 saturated heterocycles. The summed E-state index contributed by atoms with van der Waals surface area (Å²) in [5.74, 6) is -0.495. The van der Waals surface area contributed by atoms with Gasteiger partial charge in [0.1, 0.15) is 6.04 Å². The number of rotatable bonds is 2. The topological polar surface area (TPSA) is 69.1 Å². The summed E-state index contributed by atoms with van der Waals surface area (Å²) in [6.45, 7) is 3.93. The molecule has 13 heavy (non-hydrogen) atoms. The van der Waals surface area contributed by atoms with Gasteiger partial charge in [-0.15, -0.1) is 0 Å². The molecule has 1 amide bonds. The average molecular weight is 178 g/mol. The number of hydrogen-bond donors (Lipinski definition) is 2. The van der Waals surface area contributed by atoms with Crippen LogP contribution in [0.1, 0.15) is 22.7 Å². The van der Waals surface area contributed by atoms with Crippen LogP contribution in [0.4, 0.5) is 0 Å². The van der Waals surface area contributed by atoms with Crippen LogP contribution < -0.4 is 11.5 Å². The smallest absolute Gasteiger partial charge is 0.238 e. The van der Waals surface area contributed by atoms with Crippen molar-refractivity contribution in [2.75, 3.05) is 0 Å². The van der Waals surface area contributed by atoms with E-state index in [1.165, 1.54) is 0 Å². The Hall–Kier alpha value is -1.35. The van der Waals surface area contributed by atoms with Gasteiger partial charge in [0.2, 0.25) is 5.91 Å². The van der Waals surface area contributed by atoms with Gasteiger partial charge in [0, 0.05) is 0 Å². The van der Waals surface area contributed by atoms with Crippen LogP contribution in [0, 0.1) is 13.8 Å². The quantitative estimate of drug-likeness (QED) is 0.703. The van der Waals surface area contributed by atoms with Crippen LogP contribution in [0.2, 0.25) is 0 Å². The second-order valence-electron chi connectivity index (χ2n) is 3.30. The first-order valence-corrected chi connectivity index (χ1v) is 4.14. The van der Waals surface area contributed by atoms with Crippen molar-refractivity contribution in [2.24, 2.45) is 11.5 Å². The predicted octanol–water partition coefficient (Wildman–Crippen LogP) is 0.789. The Kier molecular flexibility index (Phi) is 2.68. The van der Waals surface area contributed by atoms with Gasteiger partial charge in [-0.05, 0) is 19.4 Å². The molecule has 0 radical (unpaired) electrons. The van der Waals surface area contributed by atoms with Crippen molar-refractivity contribution in [3.63, 3.8) is 0 Å². The predicted molar refractivity (Wildman–Crippen MR) is 52.0 cm³/mol. The Morgan fingerprint density at radius 1 is 1.23 bits per heavy atom. The number of aryl methyl sites for hydroxylation is 2. The Morgan fingerprint density at radius 3 is 2.08 bits per heavy atom. The van der Waals surface area contributed by atoms with Gasteiger partial charge in [-0.25, -0.2) is 0 Å². The fourth-order valence-electron chi connectivity index (χ4n) is 1.35. The second kappa shape index (κ2) is 3.58. The minimum Gasteiger partial charge on any atom is -0.368 e. The first-order chi connectivity index (χ1) is 6.00. The maximum atomic E-state index is 10.8. The number of primary amides is 1. The van der Waals surface area contributed by atoms with Crippen LogP contribution in [-0.2, 0) is 4.79 Å². The molecule has 0 aromatic heterocycles. The molecule has 0 spiro atoms. The Bertz CT molecular complexity index is 313. The minimum atomic E-state index is -0.696. The molecule has 1 aromatic carbocycles. The zero-order valence-corrected chi connectivity index (χ0v) is 7.87. The van der Waals surface area contributed by atoms with Crippen molar-refractivity contribution in [1.82, 2.24) is 0 Å². The molecule has 3 nitrogen and oxygen atoms in total. The van der Waals surface area contributed by atoms with Crippen LogP contribution in [0.15, 0.2) is 18.2 Å². The normalized spacial score (nSPS) is 12.5. The third-order valence-electron chi connectivity index (χ3n) is 1.91. The summed E-state index contributed by atoms with van der Waals surface area (Å²) in [5.41, 5.74) is 13.7. The maximum absolute atomic E-state index is 10.8. The molecule has 1 rings (SSSR count). The number of hydrogen-bond acceptors (Lipinski definition) is 2. The molecule has 0 bridgehead atoms. The van der Waals surface area contributed by atoms with Gasteiger partial charge < -0.3 is 11.5 Å². The molecule has 0 aliphatic heterocycles. The van der Waals surface area contributed by atoms with Gasteiger partial charge in [0.25, 0.3) is 0 Å². The number of amides is 1. The van der Waals surface area contributed by atoms with Gasteiger partial charge in [-0.1, -0.05) is 29.3 Å². The SMILES string of the molecule is Cc1cc(C)cc(C(N)C(N)=O)c1.